The molecule has 1 fully saturated rings. The third-order valence-electron chi connectivity index (χ3n) is 6.47. The summed E-state index contributed by atoms with van der Waals surface area (Å²) in [5.41, 5.74) is 1.48. The first-order chi connectivity index (χ1) is 18.4. The number of alkyl halides is 2. The summed E-state index contributed by atoms with van der Waals surface area (Å²) in [7, 11) is 0. The van der Waals surface area contributed by atoms with Crippen molar-refractivity contribution >= 4 is 11.6 Å². The van der Waals surface area contributed by atoms with Gasteiger partial charge in [-0.1, -0.05) is 30.5 Å². The smallest absolute Gasteiger partial charge is 0.263 e. The van der Waals surface area contributed by atoms with Crippen molar-refractivity contribution in [2.45, 2.75) is 31.9 Å². The maximum atomic E-state index is 15.2. The van der Waals surface area contributed by atoms with E-state index in [1.54, 1.807) is 22.9 Å². The molecule has 1 aliphatic carbocycles. The van der Waals surface area contributed by atoms with Crippen LogP contribution in [-0.4, -0.2) is 44.8 Å². The van der Waals surface area contributed by atoms with Gasteiger partial charge in [0.1, 0.15) is 12.0 Å². The van der Waals surface area contributed by atoms with Gasteiger partial charge in [-0.05, 0) is 41.0 Å². The summed E-state index contributed by atoms with van der Waals surface area (Å²) in [5.74, 6) is -1.06. The van der Waals surface area contributed by atoms with Crippen LogP contribution in [0.1, 0.15) is 37.5 Å². The predicted molar refractivity (Wildman–Crippen MR) is 127 cm³/mol. The van der Waals surface area contributed by atoms with Gasteiger partial charge in [0.05, 0.1) is 34.8 Å². The molecule has 6 rings (SSSR count). The van der Waals surface area contributed by atoms with Gasteiger partial charge in [-0.2, -0.15) is 23.7 Å². The molecule has 0 N–H and O–H groups in total. The number of rotatable bonds is 8. The van der Waals surface area contributed by atoms with E-state index in [1.807, 2.05) is 0 Å². The van der Waals surface area contributed by atoms with E-state index >= 15 is 4.39 Å². The second-order valence-corrected chi connectivity index (χ2v) is 9.36. The van der Waals surface area contributed by atoms with E-state index in [9.17, 15) is 13.2 Å². The Balaban J connectivity index is 1.37. The normalized spacial score (nSPS) is 14.4. The van der Waals surface area contributed by atoms with Gasteiger partial charge in [0.15, 0.2) is 11.6 Å². The number of nitrogens with zero attached hydrogens (tertiary/aromatic N) is 9. The molecule has 14 heteroatoms. The highest BCUT2D eigenvalue weighted by Crippen LogP contribution is 2.40. The number of aromatic nitrogens is 9. The van der Waals surface area contributed by atoms with Crippen LogP contribution in [0.5, 0.6) is 0 Å². The minimum Gasteiger partial charge on any atom is -0.263 e. The van der Waals surface area contributed by atoms with Crippen LogP contribution >= 0.6 is 11.6 Å². The highest BCUT2D eigenvalue weighted by Gasteiger charge is 2.30. The van der Waals surface area contributed by atoms with Crippen LogP contribution in [0.25, 0.3) is 28.1 Å². The second-order valence-electron chi connectivity index (χ2n) is 8.95. The third-order valence-corrected chi connectivity index (χ3v) is 6.76. The van der Waals surface area contributed by atoms with Crippen molar-refractivity contribution in [1.29, 1.82) is 0 Å². The van der Waals surface area contributed by atoms with Gasteiger partial charge in [0.25, 0.3) is 0 Å². The Kier molecular flexibility index (Phi) is 6.14. The third kappa shape index (κ3) is 4.42. The van der Waals surface area contributed by atoms with E-state index in [0.29, 0.717) is 34.0 Å². The molecule has 1 saturated carbocycles. The van der Waals surface area contributed by atoms with E-state index in [0.717, 1.165) is 19.0 Å². The van der Waals surface area contributed by atoms with Gasteiger partial charge < -0.3 is 0 Å². The summed E-state index contributed by atoms with van der Waals surface area (Å²) < 4.78 is 59.4. The molecule has 0 amide bonds. The Morgan fingerprint density at radius 2 is 1.84 bits per heavy atom. The Hall–Kier alpha value is -4.13. The Labute approximate surface area is 217 Å². The van der Waals surface area contributed by atoms with Gasteiger partial charge in [0, 0.05) is 29.1 Å². The quantitative estimate of drug-likeness (QED) is 0.240. The lowest BCUT2D eigenvalue weighted by Crippen LogP contribution is -2.14. The predicted octanol–water partition coefficient (Wildman–Crippen LogP) is 5.50. The SMILES string of the molecule is Fc1cnn(C(F)F)c1-c1cnn(C(CC2CC2)c2ccc(-c3c(-n4cnnn4)ccc(Cl)c3F)cn2)c1. The highest BCUT2D eigenvalue weighted by molar-refractivity contribution is 6.31. The first-order valence-corrected chi connectivity index (χ1v) is 12.0. The summed E-state index contributed by atoms with van der Waals surface area (Å²) in [5, 5.41) is 18.8. The van der Waals surface area contributed by atoms with E-state index in [1.165, 1.54) is 35.7 Å². The fourth-order valence-electron chi connectivity index (χ4n) is 4.45. The molecule has 5 aromatic rings. The minimum absolute atomic E-state index is 0.0631. The van der Waals surface area contributed by atoms with Gasteiger partial charge in [-0.25, -0.2) is 13.5 Å². The monoisotopic (exact) mass is 543 g/mol. The van der Waals surface area contributed by atoms with Gasteiger partial charge >= 0.3 is 6.55 Å². The topological polar surface area (TPSA) is 92.1 Å². The van der Waals surface area contributed by atoms with Crippen LogP contribution in [-0.2, 0) is 0 Å². The van der Waals surface area contributed by atoms with Crippen LogP contribution in [0.2, 0.25) is 5.02 Å². The standard InChI is InChI=1S/C24H18ClF4N9/c25-16-4-6-19(37-12-31-34-35-37)21(22(16)27)14-3-5-18(30-8-14)20(7-13-1-2-13)36-11-15(9-32-36)23-17(26)10-33-38(23)24(28)29/h3-6,8-13,20,24H,1-2,7H2. The zero-order valence-corrected chi connectivity index (χ0v) is 20.2. The molecular formula is C24H18ClF4N9. The molecule has 1 aromatic carbocycles. The molecule has 1 aliphatic rings. The van der Waals surface area contributed by atoms with Crippen molar-refractivity contribution < 1.29 is 17.6 Å². The van der Waals surface area contributed by atoms with Crippen LogP contribution in [0, 0.1) is 17.6 Å². The molecular weight excluding hydrogens is 526 g/mol. The zero-order chi connectivity index (χ0) is 26.4. The maximum Gasteiger partial charge on any atom is 0.333 e. The number of hydrogen-bond donors (Lipinski definition) is 0. The van der Waals surface area contributed by atoms with E-state index < -0.39 is 18.2 Å². The molecule has 0 spiro atoms. The van der Waals surface area contributed by atoms with Crippen molar-refractivity contribution in [3.05, 3.63) is 77.7 Å². The van der Waals surface area contributed by atoms with Crippen LogP contribution in [0.4, 0.5) is 17.6 Å². The fourth-order valence-corrected chi connectivity index (χ4v) is 4.61. The van der Waals surface area contributed by atoms with Crippen LogP contribution in [0.3, 0.4) is 0 Å². The van der Waals surface area contributed by atoms with E-state index in [4.69, 9.17) is 11.6 Å². The van der Waals surface area contributed by atoms with Gasteiger partial charge in [-0.15, -0.1) is 5.10 Å². The van der Waals surface area contributed by atoms with E-state index in [-0.39, 0.29) is 27.9 Å². The summed E-state index contributed by atoms with van der Waals surface area (Å²) in [6, 6.07) is 6.14. The van der Waals surface area contributed by atoms with Gasteiger partial charge in [-0.3, -0.25) is 9.67 Å². The lowest BCUT2D eigenvalue weighted by atomic mass is 10.0. The van der Waals surface area contributed by atoms with E-state index in [2.05, 4.69) is 30.7 Å². The first-order valence-electron chi connectivity index (χ1n) is 11.6. The zero-order valence-electron chi connectivity index (χ0n) is 19.5. The molecule has 0 radical (unpaired) electrons. The average Bonchev–Trinajstić information content (AvgIpc) is 3.28. The molecule has 194 valence electrons. The van der Waals surface area contributed by atoms with Crippen LogP contribution in [0.15, 0.2) is 55.4 Å². The summed E-state index contributed by atoms with van der Waals surface area (Å²) in [4.78, 5) is 4.60. The number of benzene rings is 1. The fraction of sp³-hybridized carbons (Fsp3) is 0.250. The molecule has 1 unspecified atom stereocenters. The average molecular weight is 544 g/mol. The first kappa shape index (κ1) is 24.2. The molecule has 1 atom stereocenters. The Morgan fingerprint density at radius 1 is 1.00 bits per heavy atom. The number of tetrazole rings is 1. The Bertz CT molecular complexity index is 1580. The summed E-state index contributed by atoms with van der Waals surface area (Å²) in [6.45, 7) is -3.00. The molecule has 0 saturated heterocycles. The van der Waals surface area contributed by atoms with Crippen molar-refractivity contribution in [3.63, 3.8) is 0 Å². The van der Waals surface area contributed by atoms with Crippen molar-refractivity contribution in [2.75, 3.05) is 0 Å². The second kappa shape index (κ2) is 9.63. The van der Waals surface area contributed by atoms with Crippen molar-refractivity contribution in [3.8, 4) is 28.1 Å². The highest BCUT2D eigenvalue weighted by atomic mass is 35.5. The van der Waals surface area contributed by atoms with Crippen molar-refractivity contribution in [2.24, 2.45) is 5.92 Å². The lowest BCUT2D eigenvalue weighted by molar-refractivity contribution is 0.0582. The number of halogens is 5. The summed E-state index contributed by atoms with van der Waals surface area (Å²) in [6.07, 6.45) is 9.26. The molecule has 38 heavy (non-hydrogen) atoms. The molecule has 0 aliphatic heterocycles. The molecule has 4 aromatic heterocycles. The van der Waals surface area contributed by atoms with Crippen LogP contribution < -0.4 is 0 Å². The summed E-state index contributed by atoms with van der Waals surface area (Å²) >= 11 is 6.06. The van der Waals surface area contributed by atoms with Crippen molar-refractivity contribution in [1.82, 2.24) is 44.8 Å². The number of hydrogen-bond acceptors (Lipinski definition) is 6. The molecule has 9 nitrogen and oxygen atoms in total. The van der Waals surface area contributed by atoms with Gasteiger partial charge in [0.2, 0.25) is 0 Å². The minimum atomic E-state index is -3.00. The maximum absolute atomic E-state index is 15.2. The lowest BCUT2D eigenvalue weighted by Gasteiger charge is -2.18. The Morgan fingerprint density at radius 3 is 2.53 bits per heavy atom. The molecule has 4 heterocycles. The number of pyridine rings is 1. The largest absolute Gasteiger partial charge is 0.333 e. The molecule has 0 bridgehead atoms.